The average Bonchev–Trinajstić information content (AvgIpc) is 3.27. The van der Waals surface area contributed by atoms with E-state index >= 15 is 0 Å². The van der Waals surface area contributed by atoms with Gasteiger partial charge in [0.2, 0.25) is 0 Å². The molecule has 4 nitrogen and oxygen atoms in total. The lowest BCUT2D eigenvalue weighted by Gasteiger charge is -2.04. The fourth-order valence-electron chi connectivity index (χ4n) is 2.99. The van der Waals surface area contributed by atoms with E-state index in [4.69, 9.17) is 11.6 Å². The standard InChI is InChI=1S/C17H12ClNO3S/c18-13-8-6-12(7-9-13)15-16(17(15,10-19)11-20)23(21,22)14-4-2-1-3-5-14/h1-9,11,15-16H/t15-,16+,17+/m1/s1. The molecule has 0 spiro atoms. The molecule has 0 amide bonds. The number of halogens is 1. The van der Waals surface area contributed by atoms with Crippen molar-refractivity contribution in [1.29, 1.82) is 5.26 Å². The van der Waals surface area contributed by atoms with Crippen molar-refractivity contribution in [2.45, 2.75) is 16.1 Å². The molecule has 0 bridgehead atoms. The molecule has 2 aromatic carbocycles. The highest BCUT2D eigenvalue weighted by molar-refractivity contribution is 7.92. The van der Waals surface area contributed by atoms with Crippen LogP contribution in [0.2, 0.25) is 5.02 Å². The number of carbonyl (C=O) groups is 1. The van der Waals surface area contributed by atoms with Crippen molar-refractivity contribution in [3.05, 3.63) is 65.2 Å². The van der Waals surface area contributed by atoms with Gasteiger partial charge in [-0.1, -0.05) is 41.9 Å². The van der Waals surface area contributed by atoms with Crippen LogP contribution < -0.4 is 0 Å². The largest absolute Gasteiger partial charge is 0.302 e. The van der Waals surface area contributed by atoms with Crippen molar-refractivity contribution < 1.29 is 13.2 Å². The van der Waals surface area contributed by atoms with E-state index in [1.807, 2.05) is 6.07 Å². The predicted molar refractivity (Wildman–Crippen MR) is 85.7 cm³/mol. The van der Waals surface area contributed by atoms with E-state index in [-0.39, 0.29) is 4.90 Å². The van der Waals surface area contributed by atoms with Gasteiger partial charge in [0.1, 0.15) is 17.0 Å². The number of hydrogen-bond acceptors (Lipinski definition) is 4. The summed E-state index contributed by atoms with van der Waals surface area (Å²) in [5.74, 6) is -0.688. The first-order valence-electron chi connectivity index (χ1n) is 6.89. The van der Waals surface area contributed by atoms with Gasteiger partial charge in [-0.25, -0.2) is 8.42 Å². The third-order valence-electron chi connectivity index (χ3n) is 4.20. The van der Waals surface area contributed by atoms with Crippen LogP contribution in [0.1, 0.15) is 11.5 Å². The lowest BCUT2D eigenvalue weighted by molar-refractivity contribution is -0.110. The van der Waals surface area contributed by atoms with E-state index in [1.54, 1.807) is 42.5 Å². The number of nitriles is 1. The van der Waals surface area contributed by atoms with Gasteiger partial charge in [-0.05, 0) is 29.8 Å². The molecule has 0 radical (unpaired) electrons. The quantitative estimate of drug-likeness (QED) is 0.798. The van der Waals surface area contributed by atoms with E-state index in [0.717, 1.165) is 0 Å². The highest BCUT2D eigenvalue weighted by Crippen LogP contribution is 2.62. The third-order valence-corrected chi connectivity index (χ3v) is 6.71. The molecule has 0 N–H and O–H groups in total. The summed E-state index contributed by atoms with van der Waals surface area (Å²) in [7, 11) is -3.79. The van der Waals surface area contributed by atoms with E-state index < -0.39 is 26.4 Å². The molecule has 0 heterocycles. The van der Waals surface area contributed by atoms with Gasteiger partial charge in [0.25, 0.3) is 0 Å². The zero-order valence-corrected chi connectivity index (χ0v) is 13.5. The Morgan fingerprint density at radius 1 is 1.09 bits per heavy atom. The average molecular weight is 346 g/mol. The van der Waals surface area contributed by atoms with Gasteiger partial charge in [-0.2, -0.15) is 5.26 Å². The Morgan fingerprint density at radius 3 is 2.22 bits per heavy atom. The number of benzene rings is 2. The molecule has 3 atom stereocenters. The topological polar surface area (TPSA) is 75.0 Å². The molecule has 0 saturated heterocycles. The van der Waals surface area contributed by atoms with Gasteiger partial charge < -0.3 is 4.79 Å². The van der Waals surface area contributed by atoms with Crippen molar-refractivity contribution in [3.63, 3.8) is 0 Å². The monoisotopic (exact) mass is 345 g/mol. The minimum Gasteiger partial charge on any atom is -0.302 e. The van der Waals surface area contributed by atoms with Crippen LogP contribution in [0.5, 0.6) is 0 Å². The lowest BCUT2D eigenvalue weighted by Crippen LogP contribution is -2.16. The van der Waals surface area contributed by atoms with E-state index in [0.29, 0.717) is 16.9 Å². The zero-order valence-electron chi connectivity index (χ0n) is 11.9. The van der Waals surface area contributed by atoms with Crippen molar-refractivity contribution >= 4 is 27.7 Å². The highest BCUT2D eigenvalue weighted by atomic mass is 35.5. The SMILES string of the molecule is N#C[C@]1(C=O)[C@H](c2ccc(Cl)cc2)[C@@H]1S(=O)(=O)c1ccccc1. The molecule has 1 aliphatic rings. The summed E-state index contributed by atoms with van der Waals surface area (Å²) in [5.41, 5.74) is -0.935. The second-order valence-electron chi connectivity index (χ2n) is 5.47. The van der Waals surface area contributed by atoms with Crippen LogP contribution in [-0.4, -0.2) is 20.0 Å². The summed E-state index contributed by atoms with van der Waals surface area (Å²) in [5, 5.41) is 8.87. The van der Waals surface area contributed by atoms with Gasteiger partial charge in [0, 0.05) is 10.9 Å². The number of sulfone groups is 1. The predicted octanol–water partition coefficient (Wildman–Crippen LogP) is 2.99. The van der Waals surface area contributed by atoms with Crippen LogP contribution >= 0.6 is 11.6 Å². The molecular weight excluding hydrogens is 334 g/mol. The Labute approximate surface area is 139 Å². The maximum Gasteiger partial charge on any atom is 0.183 e. The molecule has 1 saturated carbocycles. The first kappa shape index (κ1) is 15.7. The lowest BCUT2D eigenvalue weighted by atomic mass is 10.0. The molecule has 0 aromatic heterocycles. The summed E-state index contributed by atoms with van der Waals surface area (Å²) < 4.78 is 25.7. The van der Waals surface area contributed by atoms with Crippen LogP contribution in [0.25, 0.3) is 0 Å². The van der Waals surface area contributed by atoms with Gasteiger partial charge in [-0.15, -0.1) is 0 Å². The minimum atomic E-state index is -3.79. The van der Waals surface area contributed by atoms with Gasteiger partial charge in [0.05, 0.1) is 11.0 Å². The van der Waals surface area contributed by atoms with E-state index in [2.05, 4.69) is 0 Å². The van der Waals surface area contributed by atoms with Crippen LogP contribution in [0, 0.1) is 16.7 Å². The number of nitrogens with zero attached hydrogens (tertiary/aromatic N) is 1. The molecule has 116 valence electrons. The smallest absolute Gasteiger partial charge is 0.183 e. The van der Waals surface area contributed by atoms with Gasteiger partial charge >= 0.3 is 0 Å². The number of rotatable bonds is 4. The van der Waals surface area contributed by atoms with Crippen molar-refractivity contribution in [2.75, 3.05) is 0 Å². The molecule has 2 aromatic rings. The molecule has 6 heteroatoms. The third kappa shape index (κ3) is 2.35. The zero-order chi connectivity index (χ0) is 16.7. The Hall–Kier alpha value is -2.16. The molecule has 1 aliphatic carbocycles. The minimum absolute atomic E-state index is 0.114. The van der Waals surface area contributed by atoms with Crippen molar-refractivity contribution in [3.8, 4) is 6.07 Å². The van der Waals surface area contributed by atoms with Crippen LogP contribution in [0.4, 0.5) is 0 Å². The summed E-state index contributed by atoms with van der Waals surface area (Å²) in [6.07, 6.45) is 0.456. The maximum absolute atomic E-state index is 12.8. The number of aldehydes is 1. The van der Waals surface area contributed by atoms with E-state index in [1.165, 1.54) is 12.1 Å². The van der Waals surface area contributed by atoms with Crippen molar-refractivity contribution in [1.82, 2.24) is 0 Å². The molecule has 3 rings (SSSR count). The van der Waals surface area contributed by atoms with E-state index in [9.17, 15) is 18.5 Å². The Morgan fingerprint density at radius 2 is 1.70 bits per heavy atom. The first-order valence-corrected chi connectivity index (χ1v) is 8.82. The molecule has 0 aliphatic heterocycles. The molecular formula is C17H12ClNO3S. The fraction of sp³-hybridized carbons (Fsp3) is 0.176. The molecule has 23 heavy (non-hydrogen) atoms. The summed E-state index contributed by atoms with van der Waals surface area (Å²) in [6.45, 7) is 0. The second kappa shape index (κ2) is 5.48. The first-order chi connectivity index (χ1) is 11.0. The van der Waals surface area contributed by atoms with Crippen LogP contribution in [0.15, 0.2) is 59.5 Å². The highest BCUT2D eigenvalue weighted by Gasteiger charge is 2.72. The van der Waals surface area contributed by atoms with Crippen molar-refractivity contribution in [2.24, 2.45) is 5.41 Å². The number of hydrogen-bond donors (Lipinski definition) is 0. The van der Waals surface area contributed by atoms with Crippen LogP contribution in [-0.2, 0) is 14.6 Å². The number of carbonyl (C=O) groups excluding carboxylic acids is 1. The van der Waals surface area contributed by atoms with Gasteiger partial charge in [-0.3, -0.25) is 0 Å². The fourth-order valence-corrected chi connectivity index (χ4v) is 5.37. The summed E-state index contributed by atoms with van der Waals surface area (Å²) >= 11 is 5.84. The summed E-state index contributed by atoms with van der Waals surface area (Å²) in [6, 6.07) is 16.3. The Bertz CT molecular complexity index is 888. The maximum atomic E-state index is 12.8. The Balaban J connectivity index is 2.09. The summed E-state index contributed by atoms with van der Waals surface area (Å²) in [4.78, 5) is 11.7. The normalized spacial score (nSPS) is 26.3. The molecule has 1 fully saturated rings. The Kier molecular flexibility index (Phi) is 3.75. The molecule has 0 unspecified atom stereocenters. The van der Waals surface area contributed by atoms with Crippen LogP contribution in [0.3, 0.4) is 0 Å². The van der Waals surface area contributed by atoms with Gasteiger partial charge in [0.15, 0.2) is 9.84 Å². The second-order valence-corrected chi connectivity index (χ2v) is 7.98.